The van der Waals surface area contributed by atoms with Gasteiger partial charge in [0.05, 0.1) is 18.6 Å². The Balaban J connectivity index is 1.43. The van der Waals surface area contributed by atoms with Gasteiger partial charge in [-0.05, 0) is 47.0 Å². The van der Waals surface area contributed by atoms with E-state index in [0.717, 1.165) is 28.3 Å². The van der Waals surface area contributed by atoms with E-state index in [1.165, 1.54) is 12.0 Å². The van der Waals surface area contributed by atoms with Gasteiger partial charge < -0.3 is 14.2 Å². The number of amides is 2. The molecule has 4 rings (SSSR count). The van der Waals surface area contributed by atoms with Crippen molar-refractivity contribution in [1.29, 1.82) is 0 Å². The highest BCUT2D eigenvalue weighted by molar-refractivity contribution is 8.18. The molecule has 6 nitrogen and oxygen atoms in total. The number of methoxy groups -OCH3 is 1. The summed E-state index contributed by atoms with van der Waals surface area (Å²) in [6, 6.07) is 18.9. The highest BCUT2D eigenvalue weighted by Gasteiger charge is 2.34. The minimum atomic E-state index is -0.349. The summed E-state index contributed by atoms with van der Waals surface area (Å²) < 4.78 is 16.7. The molecular formula is C26H21NO5S. The van der Waals surface area contributed by atoms with Crippen LogP contribution in [0.2, 0.25) is 0 Å². The Bertz CT molecular complexity index is 1270. The number of terminal acetylenes is 1. The van der Waals surface area contributed by atoms with E-state index in [2.05, 4.69) is 5.92 Å². The quantitative estimate of drug-likeness (QED) is 0.350. The van der Waals surface area contributed by atoms with E-state index < -0.39 is 0 Å². The van der Waals surface area contributed by atoms with Crippen LogP contribution in [0.25, 0.3) is 16.8 Å². The first-order valence-corrected chi connectivity index (χ1v) is 11.0. The molecule has 0 atom stereocenters. The fourth-order valence-electron chi connectivity index (χ4n) is 3.43. The summed E-state index contributed by atoms with van der Waals surface area (Å²) in [5.74, 6) is 3.76. The van der Waals surface area contributed by atoms with E-state index >= 15 is 0 Å². The van der Waals surface area contributed by atoms with Crippen molar-refractivity contribution in [3.63, 3.8) is 0 Å². The summed E-state index contributed by atoms with van der Waals surface area (Å²) in [5.41, 5.74) is 0.706. The Labute approximate surface area is 196 Å². The van der Waals surface area contributed by atoms with Crippen LogP contribution in [0.1, 0.15) is 5.56 Å². The maximum absolute atomic E-state index is 12.8. The number of hydrogen-bond donors (Lipinski definition) is 0. The van der Waals surface area contributed by atoms with Crippen LogP contribution in [0.15, 0.2) is 65.6 Å². The maximum Gasteiger partial charge on any atom is 0.293 e. The van der Waals surface area contributed by atoms with Crippen molar-refractivity contribution < 1.29 is 23.8 Å². The molecular weight excluding hydrogens is 438 g/mol. The predicted molar refractivity (Wildman–Crippen MR) is 129 cm³/mol. The molecule has 1 aliphatic heterocycles. The molecule has 0 radical (unpaired) electrons. The number of nitrogens with zero attached hydrogens (tertiary/aromatic N) is 1. The van der Waals surface area contributed by atoms with Crippen molar-refractivity contribution in [2.75, 3.05) is 26.9 Å². The Morgan fingerprint density at radius 1 is 1.00 bits per heavy atom. The number of benzene rings is 3. The molecule has 0 unspecified atom stereocenters. The van der Waals surface area contributed by atoms with Gasteiger partial charge in [-0.1, -0.05) is 48.4 Å². The molecule has 0 aromatic heterocycles. The molecule has 1 heterocycles. The van der Waals surface area contributed by atoms with Gasteiger partial charge in [-0.2, -0.15) is 0 Å². The largest absolute Gasteiger partial charge is 0.493 e. The monoisotopic (exact) mass is 459 g/mol. The van der Waals surface area contributed by atoms with Crippen molar-refractivity contribution in [3.05, 3.63) is 71.1 Å². The third kappa shape index (κ3) is 4.97. The van der Waals surface area contributed by atoms with Gasteiger partial charge in [0.1, 0.15) is 19.0 Å². The lowest BCUT2D eigenvalue weighted by molar-refractivity contribution is -0.123. The van der Waals surface area contributed by atoms with Crippen LogP contribution in [0.4, 0.5) is 4.79 Å². The number of ether oxygens (including phenoxy) is 3. The average molecular weight is 460 g/mol. The number of carbonyl (C=O) groups is 2. The molecule has 166 valence electrons. The van der Waals surface area contributed by atoms with E-state index in [0.29, 0.717) is 22.0 Å². The van der Waals surface area contributed by atoms with Gasteiger partial charge in [0, 0.05) is 5.39 Å². The molecule has 1 fully saturated rings. The zero-order valence-electron chi connectivity index (χ0n) is 17.9. The van der Waals surface area contributed by atoms with E-state index in [-0.39, 0.29) is 30.9 Å². The maximum atomic E-state index is 12.8. The molecule has 0 N–H and O–H groups in total. The fourth-order valence-corrected chi connectivity index (χ4v) is 4.29. The van der Waals surface area contributed by atoms with Crippen LogP contribution in [0.3, 0.4) is 0 Å². The van der Waals surface area contributed by atoms with Crippen LogP contribution >= 0.6 is 11.8 Å². The van der Waals surface area contributed by atoms with Crippen LogP contribution in [-0.4, -0.2) is 42.9 Å². The Morgan fingerprint density at radius 3 is 2.64 bits per heavy atom. The molecule has 0 bridgehead atoms. The Hall–Kier alpha value is -3.89. The van der Waals surface area contributed by atoms with Gasteiger partial charge in [0.2, 0.25) is 0 Å². The third-order valence-corrected chi connectivity index (χ3v) is 5.90. The second kappa shape index (κ2) is 10.2. The van der Waals surface area contributed by atoms with Gasteiger partial charge in [-0.3, -0.25) is 14.5 Å². The van der Waals surface area contributed by atoms with E-state index in [9.17, 15) is 9.59 Å². The van der Waals surface area contributed by atoms with E-state index in [4.69, 9.17) is 20.6 Å². The summed E-state index contributed by atoms with van der Waals surface area (Å²) >= 11 is 0.901. The Morgan fingerprint density at radius 2 is 1.82 bits per heavy atom. The number of thioether (sulfide) groups is 1. The molecule has 1 saturated heterocycles. The van der Waals surface area contributed by atoms with Crippen molar-refractivity contribution >= 4 is 39.8 Å². The molecule has 0 spiro atoms. The normalized spacial score (nSPS) is 14.5. The molecule has 0 saturated carbocycles. The van der Waals surface area contributed by atoms with Gasteiger partial charge in [-0.25, -0.2) is 0 Å². The van der Waals surface area contributed by atoms with Crippen molar-refractivity contribution in [2.24, 2.45) is 0 Å². The van der Waals surface area contributed by atoms with Crippen LogP contribution in [0.5, 0.6) is 17.2 Å². The molecule has 3 aromatic carbocycles. The van der Waals surface area contributed by atoms with E-state index in [1.807, 2.05) is 42.5 Å². The number of imide groups is 1. The number of hydrogen-bond acceptors (Lipinski definition) is 6. The van der Waals surface area contributed by atoms with E-state index in [1.54, 1.807) is 24.3 Å². The van der Waals surface area contributed by atoms with Gasteiger partial charge in [0.15, 0.2) is 11.5 Å². The topological polar surface area (TPSA) is 65.1 Å². The lowest BCUT2D eigenvalue weighted by Gasteiger charge is -2.14. The molecule has 7 heteroatoms. The fraction of sp³-hybridized carbons (Fsp3) is 0.154. The third-order valence-electron chi connectivity index (χ3n) is 4.99. The minimum Gasteiger partial charge on any atom is -0.493 e. The predicted octanol–water partition coefficient (Wildman–Crippen LogP) is 4.98. The molecule has 3 aromatic rings. The molecule has 2 amide bonds. The highest BCUT2D eigenvalue weighted by atomic mass is 32.2. The van der Waals surface area contributed by atoms with Crippen molar-refractivity contribution in [2.45, 2.75) is 0 Å². The lowest BCUT2D eigenvalue weighted by atomic mass is 10.1. The second-order valence-corrected chi connectivity index (χ2v) is 8.06. The SMILES string of the molecule is C#CCOc1ccc(/C=C2\SC(=O)N(CCOc3cccc4ccccc34)C2=O)cc1OC. The first kappa shape index (κ1) is 22.3. The van der Waals surface area contributed by atoms with Crippen molar-refractivity contribution in [1.82, 2.24) is 4.90 Å². The van der Waals surface area contributed by atoms with Crippen molar-refractivity contribution in [3.8, 4) is 29.6 Å². The average Bonchev–Trinajstić information content (AvgIpc) is 3.10. The number of carbonyl (C=O) groups excluding carboxylic acids is 2. The zero-order chi connectivity index (χ0) is 23.2. The van der Waals surface area contributed by atoms with Gasteiger partial charge in [0.25, 0.3) is 11.1 Å². The Kier molecular flexibility index (Phi) is 6.86. The zero-order valence-corrected chi connectivity index (χ0v) is 18.8. The second-order valence-electron chi connectivity index (χ2n) is 7.06. The highest BCUT2D eigenvalue weighted by Crippen LogP contribution is 2.34. The summed E-state index contributed by atoms with van der Waals surface area (Å²) in [4.78, 5) is 26.8. The standard InChI is InChI=1S/C26H21NO5S/c1-3-14-31-22-12-11-18(16-23(22)30-2)17-24-25(28)27(26(29)33-24)13-15-32-21-10-6-8-19-7-4-5-9-20(19)21/h1,4-12,16-17H,13-15H2,2H3/b24-17-. The minimum absolute atomic E-state index is 0.120. The number of fused-ring (bicyclic) bond motifs is 1. The van der Waals surface area contributed by atoms with Gasteiger partial charge >= 0.3 is 0 Å². The van der Waals surface area contributed by atoms with Crippen LogP contribution in [-0.2, 0) is 4.79 Å². The molecule has 33 heavy (non-hydrogen) atoms. The first-order chi connectivity index (χ1) is 16.1. The summed E-state index contributed by atoms with van der Waals surface area (Å²) in [7, 11) is 1.52. The van der Waals surface area contributed by atoms with Crippen LogP contribution < -0.4 is 14.2 Å². The first-order valence-electron chi connectivity index (χ1n) is 10.2. The summed E-state index contributed by atoms with van der Waals surface area (Å²) in [5, 5.41) is 1.72. The van der Waals surface area contributed by atoms with Crippen LogP contribution in [0, 0.1) is 12.3 Å². The molecule has 1 aliphatic rings. The smallest absolute Gasteiger partial charge is 0.293 e. The molecule has 0 aliphatic carbocycles. The summed E-state index contributed by atoms with van der Waals surface area (Å²) in [6.07, 6.45) is 6.89. The summed E-state index contributed by atoms with van der Waals surface area (Å²) in [6.45, 7) is 0.483. The van der Waals surface area contributed by atoms with Gasteiger partial charge in [-0.15, -0.1) is 6.42 Å². The number of rotatable bonds is 8. The lowest BCUT2D eigenvalue weighted by Crippen LogP contribution is -2.32.